The zero-order valence-electron chi connectivity index (χ0n) is 16.4. The molecular weight excluding hydrogens is 408 g/mol. The first-order chi connectivity index (χ1) is 12.9. The first-order valence-corrected chi connectivity index (χ1v) is 10.5. The van der Waals surface area contributed by atoms with E-state index >= 15 is 0 Å². The number of ketones is 1. The molecular formula is C18H21ClN2O6S. The number of ether oxygens (including phenoxy) is 2. The Morgan fingerprint density at radius 2 is 1.86 bits per heavy atom. The van der Waals surface area contributed by atoms with Crippen LogP contribution in [0.25, 0.3) is 0 Å². The maximum Gasteiger partial charge on any atom is 0.346 e. The number of sulfone groups is 1. The second kappa shape index (κ2) is 7.92. The molecule has 0 radical (unpaired) electrons. The molecule has 2 rings (SSSR count). The number of methoxy groups -OCH3 is 1. The minimum Gasteiger partial charge on any atom is -0.466 e. The predicted octanol–water partition coefficient (Wildman–Crippen LogP) is 2.27. The van der Waals surface area contributed by atoms with Crippen LogP contribution in [-0.2, 0) is 26.4 Å². The quantitative estimate of drug-likeness (QED) is 0.513. The van der Waals surface area contributed by atoms with Gasteiger partial charge in [-0.25, -0.2) is 17.9 Å². The molecule has 0 saturated carbocycles. The van der Waals surface area contributed by atoms with Gasteiger partial charge in [0.1, 0.15) is 5.56 Å². The van der Waals surface area contributed by atoms with Crippen LogP contribution < -0.4 is 4.74 Å². The normalized spacial score (nSPS) is 12.5. The fraction of sp³-hybridized carbons (Fsp3) is 0.389. The molecule has 1 unspecified atom stereocenters. The number of esters is 1. The highest BCUT2D eigenvalue weighted by atomic mass is 35.5. The molecule has 10 heteroatoms. The van der Waals surface area contributed by atoms with Crippen LogP contribution in [0.1, 0.15) is 34.0 Å². The van der Waals surface area contributed by atoms with Gasteiger partial charge < -0.3 is 9.47 Å². The lowest BCUT2D eigenvalue weighted by Gasteiger charge is -2.15. The lowest BCUT2D eigenvalue weighted by atomic mass is 10.0. The van der Waals surface area contributed by atoms with Gasteiger partial charge in [-0.2, -0.15) is 5.10 Å². The minimum absolute atomic E-state index is 0.0341. The SMILES string of the molecule is COC(=O)C(C)Oc1c(C(=O)c2cc(C)c(S(C)(=O)=O)c(C)c2Cl)cnn1C. The summed E-state index contributed by atoms with van der Waals surface area (Å²) in [6.45, 7) is 4.62. The Morgan fingerprint density at radius 3 is 2.39 bits per heavy atom. The molecule has 0 saturated heterocycles. The summed E-state index contributed by atoms with van der Waals surface area (Å²) >= 11 is 6.33. The van der Waals surface area contributed by atoms with E-state index in [-0.39, 0.29) is 26.9 Å². The highest BCUT2D eigenvalue weighted by molar-refractivity contribution is 7.90. The van der Waals surface area contributed by atoms with Gasteiger partial charge in [0, 0.05) is 18.9 Å². The molecule has 0 spiro atoms. The van der Waals surface area contributed by atoms with E-state index < -0.39 is 27.7 Å². The lowest BCUT2D eigenvalue weighted by Crippen LogP contribution is -2.26. The minimum atomic E-state index is -3.51. The van der Waals surface area contributed by atoms with Gasteiger partial charge in [-0.1, -0.05) is 11.6 Å². The average Bonchev–Trinajstić information content (AvgIpc) is 2.96. The Balaban J connectivity index is 2.56. The van der Waals surface area contributed by atoms with Crippen LogP contribution in [-0.4, -0.2) is 49.4 Å². The Morgan fingerprint density at radius 1 is 1.25 bits per heavy atom. The maximum atomic E-state index is 13.1. The Labute approximate surface area is 168 Å². The number of benzene rings is 1. The van der Waals surface area contributed by atoms with E-state index in [0.717, 1.165) is 6.26 Å². The third-order valence-corrected chi connectivity index (χ3v) is 6.05. The van der Waals surface area contributed by atoms with E-state index in [9.17, 15) is 18.0 Å². The first-order valence-electron chi connectivity index (χ1n) is 8.21. The summed E-state index contributed by atoms with van der Waals surface area (Å²) in [5.74, 6) is -1.04. The molecule has 2 aromatic rings. The average molecular weight is 429 g/mol. The second-order valence-corrected chi connectivity index (χ2v) is 8.71. The lowest BCUT2D eigenvalue weighted by molar-refractivity contribution is -0.148. The van der Waals surface area contributed by atoms with E-state index in [0.29, 0.717) is 11.1 Å². The van der Waals surface area contributed by atoms with Crippen LogP contribution in [0.3, 0.4) is 0 Å². The summed E-state index contributed by atoms with van der Waals surface area (Å²) < 4.78 is 35.5. The van der Waals surface area contributed by atoms with Crippen molar-refractivity contribution in [2.45, 2.75) is 31.8 Å². The second-order valence-electron chi connectivity index (χ2n) is 6.38. The van der Waals surface area contributed by atoms with Gasteiger partial charge in [-0.15, -0.1) is 0 Å². The Kier molecular flexibility index (Phi) is 6.20. The summed E-state index contributed by atoms with van der Waals surface area (Å²) in [4.78, 5) is 24.8. The van der Waals surface area contributed by atoms with Crippen LogP contribution in [0.4, 0.5) is 0 Å². The molecule has 152 valence electrons. The van der Waals surface area contributed by atoms with Crippen LogP contribution in [0, 0.1) is 13.8 Å². The zero-order chi connectivity index (χ0) is 21.4. The number of halogens is 1. The standard InChI is InChI=1S/C18H21ClN2O6S/c1-9-7-12(14(19)10(2)16(9)28(6,24)25)15(22)13-8-20-21(4)17(13)27-11(3)18(23)26-5/h7-8,11H,1-6H3. The number of aromatic nitrogens is 2. The monoisotopic (exact) mass is 428 g/mol. The number of carbonyl (C=O) groups excluding carboxylic acids is 2. The Hall–Kier alpha value is -2.39. The summed E-state index contributed by atoms with van der Waals surface area (Å²) in [6.07, 6.45) is 1.42. The largest absolute Gasteiger partial charge is 0.466 e. The molecule has 0 aliphatic heterocycles. The summed E-state index contributed by atoms with van der Waals surface area (Å²) in [5.41, 5.74) is 0.905. The van der Waals surface area contributed by atoms with Gasteiger partial charge in [0.2, 0.25) is 11.7 Å². The van der Waals surface area contributed by atoms with Crippen molar-refractivity contribution >= 4 is 33.2 Å². The van der Waals surface area contributed by atoms with Gasteiger partial charge in [0.25, 0.3) is 0 Å². The number of rotatable bonds is 6. The smallest absolute Gasteiger partial charge is 0.346 e. The third kappa shape index (κ3) is 4.05. The van der Waals surface area contributed by atoms with E-state index in [1.807, 2.05) is 0 Å². The molecule has 8 nitrogen and oxygen atoms in total. The van der Waals surface area contributed by atoms with Crippen molar-refractivity contribution in [3.05, 3.63) is 39.5 Å². The third-order valence-electron chi connectivity index (χ3n) is 4.19. The fourth-order valence-electron chi connectivity index (χ4n) is 2.93. The number of hydrogen-bond acceptors (Lipinski definition) is 7. The van der Waals surface area contributed by atoms with Gasteiger partial charge in [0.05, 0.1) is 23.2 Å². The summed E-state index contributed by atoms with van der Waals surface area (Å²) in [7, 11) is -0.730. The molecule has 0 aliphatic carbocycles. The molecule has 28 heavy (non-hydrogen) atoms. The van der Waals surface area contributed by atoms with Crippen molar-refractivity contribution in [2.24, 2.45) is 7.05 Å². The van der Waals surface area contributed by atoms with Crippen molar-refractivity contribution in [1.29, 1.82) is 0 Å². The summed E-state index contributed by atoms with van der Waals surface area (Å²) in [5, 5.41) is 4.05. The van der Waals surface area contributed by atoms with E-state index in [2.05, 4.69) is 9.84 Å². The highest BCUT2D eigenvalue weighted by Crippen LogP contribution is 2.33. The molecule has 0 N–H and O–H groups in total. The zero-order valence-corrected chi connectivity index (χ0v) is 17.9. The molecule has 1 heterocycles. The van der Waals surface area contributed by atoms with Crippen molar-refractivity contribution < 1.29 is 27.5 Å². The molecule has 1 aromatic carbocycles. The molecule has 0 aliphatic rings. The van der Waals surface area contributed by atoms with Crippen molar-refractivity contribution in [1.82, 2.24) is 9.78 Å². The van der Waals surface area contributed by atoms with Gasteiger partial charge >= 0.3 is 5.97 Å². The molecule has 1 aromatic heterocycles. The first kappa shape index (κ1) is 21.9. The predicted molar refractivity (Wildman–Crippen MR) is 103 cm³/mol. The van der Waals surface area contributed by atoms with Crippen LogP contribution in [0.5, 0.6) is 5.88 Å². The summed E-state index contributed by atoms with van der Waals surface area (Å²) in [6, 6.07) is 1.43. The van der Waals surface area contributed by atoms with Gasteiger partial charge in [0.15, 0.2) is 15.9 Å². The molecule has 0 bridgehead atoms. The van der Waals surface area contributed by atoms with E-state index in [1.165, 1.54) is 31.0 Å². The molecule has 1 atom stereocenters. The molecule has 0 amide bonds. The topological polar surface area (TPSA) is 105 Å². The van der Waals surface area contributed by atoms with Crippen LogP contribution in [0.15, 0.2) is 17.2 Å². The van der Waals surface area contributed by atoms with Crippen molar-refractivity contribution in [3.8, 4) is 5.88 Å². The van der Waals surface area contributed by atoms with Gasteiger partial charge in [-0.3, -0.25) is 4.79 Å². The van der Waals surface area contributed by atoms with Crippen LogP contribution in [0.2, 0.25) is 5.02 Å². The van der Waals surface area contributed by atoms with E-state index in [1.54, 1.807) is 20.9 Å². The number of hydrogen-bond donors (Lipinski definition) is 0. The number of carbonyl (C=O) groups is 2. The Bertz CT molecular complexity index is 1060. The number of aryl methyl sites for hydroxylation is 2. The molecule has 0 fully saturated rings. The van der Waals surface area contributed by atoms with Crippen molar-refractivity contribution in [2.75, 3.05) is 13.4 Å². The number of nitrogens with zero attached hydrogens (tertiary/aromatic N) is 2. The maximum absolute atomic E-state index is 13.1. The fourth-order valence-corrected chi connectivity index (χ4v) is 4.52. The van der Waals surface area contributed by atoms with E-state index in [4.69, 9.17) is 16.3 Å². The highest BCUT2D eigenvalue weighted by Gasteiger charge is 2.27. The van der Waals surface area contributed by atoms with Crippen LogP contribution >= 0.6 is 11.6 Å². The van der Waals surface area contributed by atoms with Crippen molar-refractivity contribution in [3.63, 3.8) is 0 Å². The van der Waals surface area contributed by atoms with Gasteiger partial charge in [-0.05, 0) is 38.0 Å².